The number of amides is 2. The molecule has 21 heavy (non-hydrogen) atoms. The largest absolute Gasteiger partial charge is 0.489 e. The number of carbonyl (C=O) groups excluding carboxylic acids is 1. The number of ether oxygens (including phenoxy) is 1. The van der Waals surface area contributed by atoms with Crippen LogP contribution in [-0.2, 0) is 0 Å². The van der Waals surface area contributed by atoms with Crippen molar-refractivity contribution in [1.82, 2.24) is 5.32 Å². The molecule has 0 heterocycles. The average Bonchev–Trinajstić information content (AvgIpc) is 2.43. The quantitative estimate of drug-likeness (QED) is 0.645. The number of nitrogens with one attached hydrogen (secondary N) is 2. The highest BCUT2D eigenvalue weighted by Crippen LogP contribution is 2.17. The second-order valence-electron chi connectivity index (χ2n) is 5.14. The van der Waals surface area contributed by atoms with Crippen LogP contribution in [0.15, 0.2) is 36.4 Å². The van der Waals surface area contributed by atoms with Gasteiger partial charge in [0.15, 0.2) is 0 Å². The van der Waals surface area contributed by atoms with E-state index in [1.165, 1.54) is 0 Å². The van der Waals surface area contributed by atoms with Crippen LogP contribution in [0.1, 0.15) is 26.7 Å². The van der Waals surface area contributed by atoms with Crippen LogP contribution in [0.4, 0.5) is 10.5 Å². The van der Waals surface area contributed by atoms with Crippen LogP contribution in [0.3, 0.4) is 0 Å². The van der Waals surface area contributed by atoms with E-state index in [4.69, 9.17) is 9.84 Å². The van der Waals surface area contributed by atoms with E-state index in [0.717, 1.165) is 12.0 Å². The van der Waals surface area contributed by atoms with Crippen LogP contribution in [-0.4, -0.2) is 30.4 Å². The third kappa shape index (κ3) is 7.37. The summed E-state index contributed by atoms with van der Waals surface area (Å²) in [5, 5.41) is 14.3. The summed E-state index contributed by atoms with van der Waals surface area (Å²) in [6.45, 7) is 8.16. The zero-order valence-corrected chi connectivity index (χ0v) is 12.7. The lowest BCUT2D eigenvalue weighted by Gasteiger charge is -2.14. The summed E-state index contributed by atoms with van der Waals surface area (Å²) in [6, 6.07) is 6.96. The number of aliphatic hydroxyl groups is 1. The number of carbonyl (C=O) groups is 1. The van der Waals surface area contributed by atoms with Crippen LogP contribution >= 0.6 is 0 Å². The van der Waals surface area contributed by atoms with Crippen LogP contribution in [0.5, 0.6) is 5.75 Å². The molecule has 3 N–H and O–H groups in total. The van der Waals surface area contributed by atoms with Gasteiger partial charge in [-0.05, 0) is 44.4 Å². The number of aliphatic hydroxyl groups excluding tert-OH is 1. The first-order valence-corrected chi connectivity index (χ1v) is 7.07. The summed E-state index contributed by atoms with van der Waals surface area (Å²) in [6.07, 6.45) is 1.41. The molecule has 0 aromatic heterocycles. The van der Waals surface area contributed by atoms with Crippen LogP contribution in [0, 0.1) is 0 Å². The van der Waals surface area contributed by atoms with Crippen molar-refractivity contribution in [3.8, 4) is 5.75 Å². The fraction of sp³-hybridized carbons (Fsp3) is 0.438. The second-order valence-corrected chi connectivity index (χ2v) is 5.14. The summed E-state index contributed by atoms with van der Waals surface area (Å²) in [4.78, 5) is 11.8. The second kappa shape index (κ2) is 9.02. The van der Waals surface area contributed by atoms with E-state index in [0.29, 0.717) is 24.5 Å². The van der Waals surface area contributed by atoms with Gasteiger partial charge in [-0.3, -0.25) is 0 Å². The molecule has 1 aromatic carbocycles. The predicted octanol–water partition coefficient (Wildman–Crippen LogP) is 2.92. The molecule has 0 fully saturated rings. The highest BCUT2D eigenvalue weighted by molar-refractivity contribution is 5.89. The van der Waals surface area contributed by atoms with Gasteiger partial charge in [-0.15, -0.1) is 0 Å². The smallest absolute Gasteiger partial charge is 0.319 e. The SMILES string of the molecule is C=C(C)COc1cccc(NC(=O)NC(C)CCCO)c1. The van der Waals surface area contributed by atoms with Crippen molar-refractivity contribution in [2.75, 3.05) is 18.5 Å². The van der Waals surface area contributed by atoms with Gasteiger partial charge in [0.1, 0.15) is 12.4 Å². The Hall–Kier alpha value is -2.01. The summed E-state index contributed by atoms with van der Waals surface area (Å²) < 4.78 is 5.52. The highest BCUT2D eigenvalue weighted by atomic mass is 16.5. The van der Waals surface area contributed by atoms with Gasteiger partial charge in [0, 0.05) is 24.4 Å². The fourth-order valence-electron chi connectivity index (χ4n) is 1.73. The van der Waals surface area contributed by atoms with Crippen molar-refractivity contribution in [3.63, 3.8) is 0 Å². The van der Waals surface area contributed by atoms with E-state index in [9.17, 15) is 4.79 Å². The van der Waals surface area contributed by atoms with E-state index in [1.54, 1.807) is 12.1 Å². The normalized spacial score (nSPS) is 11.6. The Labute approximate surface area is 126 Å². The first-order valence-electron chi connectivity index (χ1n) is 7.07. The molecule has 5 heteroatoms. The van der Waals surface area contributed by atoms with Crippen molar-refractivity contribution < 1.29 is 14.6 Å². The maximum atomic E-state index is 11.8. The molecule has 1 atom stereocenters. The molecule has 0 aliphatic carbocycles. The summed E-state index contributed by atoms with van der Waals surface area (Å²) in [7, 11) is 0. The van der Waals surface area contributed by atoms with E-state index >= 15 is 0 Å². The Kier molecular flexibility index (Phi) is 7.32. The number of anilines is 1. The van der Waals surface area contributed by atoms with Gasteiger partial charge in [-0.2, -0.15) is 0 Å². The van der Waals surface area contributed by atoms with Crippen molar-refractivity contribution >= 4 is 11.7 Å². The topological polar surface area (TPSA) is 70.6 Å². The lowest BCUT2D eigenvalue weighted by Crippen LogP contribution is -2.36. The molecule has 116 valence electrons. The van der Waals surface area contributed by atoms with Gasteiger partial charge >= 0.3 is 6.03 Å². The van der Waals surface area contributed by atoms with Gasteiger partial charge in [0.05, 0.1) is 0 Å². The molecule has 5 nitrogen and oxygen atoms in total. The maximum absolute atomic E-state index is 11.8. The third-order valence-electron chi connectivity index (χ3n) is 2.75. The molecular weight excluding hydrogens is 268 g/mol. The van der Waals surface area contributed by atoms with Crippen LogP contribution in [0.2, 0.25) is 0 Å². The van der Waals surface area contributed by atoms with Gasteiger partial charge < -0.3 is 20.5 Å². The lowest BCUT2D eigenvalue weighted by molar-refractivity contribution is 0.245. The monoisotopic (exact) mass is 292 g/mol. The van der Waals surface area contributed by atoms with Crippen molar-refractivity contribution in [3.05, 3.63) is 36.4 Å². The average molecular weight is 292 g/mol. The molecular formula is C16H24N2O3. The van der Waals surface area contributed by atoms with Gasteiger partial charge in [0.2, 0.25) is 0 Å². The molecule has 1 aromatic rings. The molecule has 0 saturated heterocycles. The fourth-order valence-corrected chi connectivity index (χ4v) is 1.73. The standard InChI is InChI=1S/C16H24N2O3/c1-12(2)11-21-15-8-4-7-14(10-15)18-16(20)17-13(3)6-5-9-19/h4,7-8,10,13,19H,1,5-6,9,11H2,2-3H3,(H2,17,18,20). The summed E-state index contributed by atoms with van der Waals surface area (Å²) in [5.74, 6) is 0.684. The number of urea groups is 1. The van der Waals surface area contributed by atoms with Crippen LogP contribution in [0.25, 0.3) is 0 Å². The van der Waals surface area contributed by atoms with E-state index in [1.807, 2.05) is 26.0 Å². The Morgan fingerprint density at radius 3 is 2.90 bits per heavy atom. The minimum atomic E-state index is -0.266. The molecule has 2 amide bonds. The maximum Gasteiger partial charge on any atom is 0.319 e. The van der Waals surface area contributed by atoms with E-state index in [-0.39, 0.29) is 18.7 Å². The molecule has 0 bridgehead atoms. The zero-order chi connectivity index (χ0) is 15.7. The Morgan fingerprint density at radius 1 is 1.48 bits per heavy atom. The van der Waals surface area contributed by atoms with Crippen molar-refractivity contribution in [1.29, 1.82) is 0 Å². The Morgan fingerprint density at radius 2 is 2.24 bits per heavy atom. The molecule has 0 radical (unpaired) electrons. The number of hydrogen-bond acceptors (Lipinski definition) is 3. The lowest BCUT2D eigenvalue weighted by atomic mass is 10.2. The first kappa shape index (κ1) is 17.0. The number of rotatable bonds is 8. The number of hydrogen-bond donors (Lipinski definition) is 3. The molecule has 0 saturated carbocycles. The molecule has 1 rings (SSSR count). The van der Waals surface area contributed by atoms with Gasteiger partial charge in [-0.25, -0.2) is 4.79 Å². The Balaban J connectivity index is 2.48. The molecule has 0 aliphatic rings. The molecule has 0 spiro atoms. The molecule has 0 aliphatic heterocycles. The van der Waals surface area contributed by atoms with Crippen molar-refractivity contribution in [2.45, 2.75) is 32.7 Å². The van der Waals surface area contributed by atoms with Gasteiger partial charge in [-0.1, -0.05) is 12.6 Å². The summed E-state index contributed by atoms with van der Waals surface area (Å²) in [5.41, 5.74) is 1.60. The van der Waals surface area contributed by atoms with Gasteiger partial charge in [0.25, 0.3) is 0 Å². The summed E-state index contributed by atoms with van der Waals surface area (Å²) >= 11 is 0. The van der Waals surface area contributed by atoms with E-state index < -0.39 is 0 Å². The highest BCUT2D eigenvalue weighted by Gasteiger charge is 2.07. The van der Waals surface area contributed by atoms with Crippen LogP contribution < -0.4 is 15.4 Å². The predicted molar refractivity (Wildman–Crippen MR) is 84.7 cm³/mol. The zero-order valence-electron chi connectivity index (χ0n) is 12.7. The minimum absolute atomic E-state index is 0.0139. The third-order valence-corrected chi connectivity index (χ3v) is 2.75. The Bertz CT molecular complexity index is 474. The number of benzene rings is 1. The van der Waals surface area contributed by atoms with E-state index in [2.05, 4.69) is 17.2 Å². The minimum Gasteiger partial charge on any atom is -0.489 e. The molecule has 1 unspecified atom stereocenters. The first-order chi connectivity index (χ1) is 10.0. The van der Waals surface area contributed by atoms with Crippen molar-refractivity contribution in [2.24, 2.45) is 0 Å².